The van der Waals surface area contributed by atoms with Crippen LogP contribution in [0.4, 0.5) is 4.79 Å². The Morgan fingerprint density at radius 3 is 2.50 bits per heavy atom. The molecule has 0 radical (unpaired) electrons. The number of allylic oxidation sites excluding steroid dienone is 1. The molecule has 0 bridgehead atoms. The van der Waals surface area contributed by atoms with Crippen LogP contribution in [0.5, 0.6) is 0 Å². The molecule has 3 heteroatoms. The van der Waals surface area contributed by atoms with E-state index in [4.69, 9.17) is 0 Å². The minimum atomic E-state index is -0.350. The summed E-state index contributed by atoms with van der Waals surface area (Å²) in [4.78, 5) is 10.1. The van der Waals surface area contributed by atoms with E-state index >= 15 is 0 Å². The van der Waals surface area contributed by atoms with Gasteiger partial charge in [-0.15, -0.1) is 0 Å². The zero-order valence-electron chi connectivity index (χ0n) is 4.77. The highest BCUT2D eigenvalue weighted by Crippen LogP contribution is 1.90. The van der Waals surface area contributed by atoms with Crippen molar-refractivity contribution in [1.82, 2.24) is 5.32 Å². The van der Waals surface area contributed by atoms with Crippen molar-refractivity contribution in [3.05, 3.63) is 12.3 Å². The second-order valence-corrected chi connectivity index (χ2v) is 1.79. The van der Waals surface area contributed by atoms with Crippen LogP contribution in [0, 0.1) is 0 Å². The van der Waals surface area contributed by atoms with Crippen molar-refractivity contribution in [3.8, 4) is 0 Å². The zero-order chi connectivity index (χ0) is 6.57. The Balaban J connectivity index is 3.40. The summed E-state index contributed by atoms with van der Waals surface area (Å²) in [6.07, 6.45) is 0.756. The molecule has 0 aromatic carbocycles. The van der Waals surface area contributed by atoms with Crippen LogP contribution >= 0.6 is 12.6 Å². The van der Waals surface area contributed by atoms with Gasteiger partial charge in [0.2, 0.25) is 0 Å². The molecule has 0 aliphatic heterocycles. The standard InChI is InChI=1S/C5H9NOS/c1-3-4(2)6-5(7)8/h2-3H2,1H3,(H2,6,7,8). The maximum absolute atomic E-state index is 10.1. The molecular weight excluding hydrogens is 122 g/mol. The van der Waals surface area contributed by atoms with Crippen molar-refractivity contribution in [3.63, 3.8) is 0 Å². The summed E-state index contributed by atoms with van der Waals surface area (Å²) in [6, 6.07) is 0. The molecule has 0 aliphatic carbocycles. The lowest BCUT2D eigenvalue weighted by Crippen LogP contribution is -2.13. The lowest BCUT2D eigenvalue weighted by molar-refractivity contribution is 0.263. The molecule has 0 heterocycles. The number of hydrogen-bond donors (Lipinski definition) is 2. The summed E-state index contributed by atoms with van der Waals surface area (Å²) >= 11 is 3.48. The second kappa shape index (κ2) is 3.55. The Bertz CT molecular complexity index is 111. The molecule has 0 spiro atoms. The maximum Gasteiger partial charge on any atom is 0.280 e. The summed E-state index contributed by atoms with van der Waals surface area (Å²) < 4.78 is 0. The third-order valence-corrected chi connectivity index (χ3v) is 0.822. The fraction of sp³-hybridized carbons (Fsp3) is 0.400. The molecule has 2 nitrogen and oxygen atoms in total. The van der Waals surface area contributed by atoms with E-state index in [9.17, 15) is 4.79 Å². The average molecular weight is 131 g/mol. The molecule has 1 amide bonds. The number of carbonyl (C=O) groups is 1. The van der Waals surface area contributed by atoms with Gasteiger partial charge in [0, 0.05) is 5.70 Å². The van der Waals surface area contributed by atoms with Gasteiger partial charge in [-0.3, -0.25) is 4.79 Å². The normalized spacial score (nSPS) is 8.25. The fourth-order valence-corrected chi connectivity index (χ4v) is 0.398. The van der Waals surface area contributed by atoms with Crippen LogP contribution < -0.4 is 5.32 Å². The van der Waals surface area contributed by atoms with Crippen LogP contribution in [-0.2, 0) is 0 Å². The Morgan fingerprint density at radius 1 is 1.88 bits per heavy atom. The van der Waals surface area contributed by atoms with Crippen LogP contribution in [0.1, 0.15) is 13.3 Å². The summed E-state index contributed by atoms with van der Waals surface area (Å²) in [6.45, 7) is 5.44. The molecule has 46 valence electrons. The van der Waals surface area contributed by atoms with Gasteiger partial charge in [-0.05, 0) is 6.42 Å². The minimum Gasteiger partial charge on any atom is -0.321 e. The molecular formula is C5H9NOS. The SMILES string of the molecule is C=C(CC)NC(=O)S. The summed E-state index contributed by atoms with van der Waals surface area (Å²) in [5.74, 6) is 0. The first-order valence-corrected chi connectivity index (χ1v) is 2.79. The second-order valence-electron chi connectivity index (χ2n) is 1.39. The summed E-state index contributed by atoms with van der Waals surface area (Å²) in [5.41, 5.74) is 0.699. The Morgan fingerprint density at radius 2 is 2.38 bits per heavy atom. The minimum absolute atomic E-state index is 0.350. The van der Waals surface area contributed by atoms with E-state index in [2.05, 4.69) is 24.5 Å². The van der Waals surface area contributed by atoms with Gasteiger partial charge in [0.15, 0.2) is 0 Å². The van der Waals surface area contributed by atoms with Crippen molar-refractivity contribution in [1.29, 1.82) is 0 Å². The van der Waals surface area contributed by atoms with Gasteiger partial charge in [0.05, 0.1) is 0 Å². The molecule has 0 unspecified atom stereocenters. The van der Waals surface area contributed by atoms with Gasteiger partial charge in [-0.1, -0.05) is 26.1 Å². The third kappa shape index (κ3) is 3.74. The van der Waals surface area contributed by atoms with Gasteiger partial charge in [-0.2, -0.15) is 0 Å². The molecule has 0 rings (SSSR count). The molecule has 0 aliphatic rings. The van der Waals surface area contributed by atoms with Crippen LogP contribution in [0.15, 0.2) is 12.3 Å². The number of rotatable bonds is 2. The molecule has 0 atom stereocenters. The molecule has 0 saturated heterocycles. The van der Waals surface area contributed by atoms with Crippen LogP contribution in [0.3, 0.4) is 0 Å². The smallest absolute Gasteiger partial charge is 0.280 e. The number of hydrogen-bond acceptors (Lipinski definition) is 1. The van der Waals surface area contributed by atoms with Gasteiger partial charge < -0.3 is 5.32 Å². The average Bonchev–Trinajstić information content (AvgIpc) is 1.65. The molecule has 0 saturated carbocycles. The van der Waals surface area contributed by atoms with E-state index in [-0.39, 0.29) is 5.24 Å². The van der Waals surface area contributed by atoms with Gasteiger partial charge in [-0.25, -0.2) is 0 Å². The fourth-order valence-electron chi connectivity index (χ4n) is 0.240. The van der Waals surface area contributed by atoms with E-state index in [0.717, 1.165) is 6.42 Å². The molecule has 0 aromatic rings. The Kier molecular flexibility index (Phi) is 3.35. The first-order valence-electron chi connectivity index (χ1n) is 2.34. The van der Waals surface area contributed by atoms with Crippen molar-refractivity contribution in [2.75, 3.05) is 0 Å². The highest BCUT2D eigenvalue weighted by Gasteiger charge is 1.90. The summed E-state index contributed by atoms with van der Waals surface area (Å²) in [5, 5.41) is 2.07. The zero-order valence-corrected chi connectivity index (χ0v) is 5.66. The first-order chi connectivity index (χ1) is 3.66. The van der Waals surface area contributed by atoms with Gasteiger partial charge in [0.1, 0.15) is 0 Å². The Labute approximate surface area is 54.4 Å². The lowest BCUT2D eigenvalue weighted by Gasteiger charge is -1.98. The molecule has 1 N–H and O–H groups in total. The predicted molar refractivity (Wildman–Crippen MR) is 36.9 cm³/mol. The van der Waals surface area contributed by atoms with E-state index in [1.165, 1.54) is 0 Å². The van der Waals surface area contributed by atoms with Crippen molar-refractivity contribution < 1.29 is 4.79 Å². The number of amides is 1. The highest BCUT2D eigenvalue weighted by molar-refractivity contribution is 7.96. The van der Waals surface area contributed by atoms with Crippen molar-refractivity contribution in [2.24, 2.45) is 0 Å². The van der Waals surface area contributed by atoms with E-state index in [0.29, 0.717) is 5.70 Å². The first kappa shape index (κ1) is 7.56. The topological polar surface area (TPSA) is 29.1 Å². The summed E-state index contributed by atoms with van der Waals surface area (Å²) in [7, 11) is 0. The third-order valence-electron chi connectivity index (χ3n) is 0.710. The monoisotopic (exact) mass is 131 g/mol. The highest BCUT2D eigenvalue weighted by atomic mass is 32.1. The molecule has 0 fully saturated rings. The number of carbonyl (C=O) groups excluding carboxylic acids is 1. The van der Waals surface area contributed by atoms with E-state index in [1.807, 2.05) is 6.92 Å². The Hall–Kier alpha value is -0.440. The van der Waals surface area contributed by atoms with Crippen molar-refractivity contribution >= 4 is 17.9 Å². The van der Waals surface area contributed by atoms with E-state index in [1.54, 1.807) is 0 Å². The van der Waals surface area contributed by atoms with E-state index < -0.39 is 0 Å². The number of nitrogens with one attached hydrogen (secondary N) is 1. The lowest BCUT2D eigenvalue weighted by atomic mass is 10.4. The van der Waals surface area contributed by atoms with Crippen LogP contribution in [0.25, 0.3) is 0 Å². The van der Waals surface area contributed by atoms with Gasteiger partial charge >= 0.3 is 0 Å². The van der Waals surface area contributed by atoms with Crippen LogP contribution in [0.2, 0.25) is 0 Å². The number of thiol groups is 1. The van der Waals surface area contributed by atoms with Crippen LogP contribution in [-0.4, -0.2) is 5.24 Å². The maximum atomic E-state index is 10.1. The quantitative estimate of drug-likeness (QED) is 0.547. The molecule has 8 heavy (non-hydrogen) atoms. The largest absolute Gasteiger partial charge is 0.321 e. The van der Waals surface area contributed by atoms with Gasteiger partial charge in [0.25, 0.3) is 5.24 Å². The molecule has 0 aromatic heterocycles. The predicted octanol–water partition coefficient (Wildman–Crippen LogP) is 1.55. The van der Waals surface area contributed by atoms with Crippen molar-refractivity contribution in [2.45, 2.75) is 13.3 Å².